The molecule has 3 saturated heterocycles. The second-order valence-corrected chi connectivity index (χ2v) is 18.5. The van der Waals surface area contributed by atoms with Gasteiger partial charge in [0.25, 0.3) is 5.91 Å². The summed E-state index contributed by atoms with van der Waals surface area (Å²) in [7, 11) is -3.95. The second kappa shape index (κ2) is 14.4. The lowest BCUT2D eigenvalue weighted by molar-refractivity contribution is 0.0978. The Morgan fingerprint density at radius 1 is 1.10 bits per heavy atom. The maximum absolute atomic E-state index is 13.4. The van der Waals surface area contributed by atoms with E-state index >= 15 is 0 Å². The number of hydrogen-bond acceptors (Lipinski definition) is 10. The van der Waals surface area contributed by atoms with Crippen LogP contribution in [0.15, 0.2) is 34.9 Å². The zero-order valence-corrected chi connectivity index (χ0v) is 32.7. The van der Waals surface area contributed by atoms with Crippen LogP contribution in [0, 0.1) is 5.92 Å². The van der Waals surface area contributed by atoms with Gasteiger partial charge in [0, 0.05) is 60.4 Å². The molecule has 3 aliphatic heterocycles. The van der Waals surface area contributed by atoms with Crippen molar-refractivity contribution >= 4 is 66.0 Å². The summed E-state index contributed by atoms with van der Waals surface area (Å²) >= 11 is 14.8. The molecule has 1 aliphatic carbocycles. The monoisotopic (exact) mass is 786 g/mol. The third kappa shape index (κ3) is 7.04. The quantitative estimate of drug-likeness (QED) is 0.156. The minimum atomic E-state index is -3.95. The molecule has 8 rings (SSSR count). The summed E-state index contributed by atoms with van der Waals surface area (Å²) < 4.78 is 42.6. The van der Waals surface area contributed by atoms with E-state index in [2.05, 4.69) is 27.0 Å². The number of rotatable bonds is 11. The van der Waals surface area contributed by atoms with E-state index < -0.39 is 16.1 Å². The molecule has 3 unspecified atom stereocenters. The molecule has 0 radical (unpaired) electrons. The van der Waals surface area contributed by atoms with Gasteiger partial charge >= 0.3 is 10.2 Å². The maximum atomic E-state index is 13.4. The van der Waals surface area contributed by atoms with Crippen LogP contribution in [0.4, 0.5) is 5.13 Å². The van der Waals surface area contributed by atoms with Crippen LogP contribution >= 0.6 is 34.5 Å². The minimum Gasteiger partial charge on any atom is -0.489 e. The van der Waals surface area contributed by atoms with Gasteiger partial charge in [0.05, 0.1) is 20.8 Å². The van der Waals surface area contributed by atoms with E-state index in [4.69, 9.17) is 37.4 Å². The Hall–Kier alpha value is -2.94. The fourth-order valence-corrected chi connectivity index (χ4v) is 11.2. The fraction of sp³-hybridized carbons (Fsp3) is 0.541. The van der Waals surface area contributed by atoms with Crippen LogP contribution in [0.1, 0.15) is 99.7 Å². The van der Waals surface area contributed by atoms with Gasteiger partial charge < -0.3 is 19.5 Å². The molecule has 5 heterocycles. The standard InChI is InChI=1S/C37H44Cl2N6O5S2/c1-20(2)49-30-15-23(36(46)43-52(47,48)44-12-5-4-6-13-44)16-31-34(30)41-37(51-31)45-25-14-21(3)29(45)18-24(17-25)40-19-26-33(42-50-35(26)22-10-11-22)32-27(38)8-7-9-28(32)39/h7-9,15-16,20-22,24-25,29,40H,4-6,10-14,17-19H2,1-3H3,(H,43,46)/t21-,24?,25?,29?/m0/s1. The first-order chi connectivity index (χ1) is 25.0. The van der Waals surface area contributed by atoms with Crippen molar-refractivity contribution in [3.05, 3.63) is 57.3 Å². The van der Waals surface area contributed by atoms with Crippen LogP contribution in [0.3, 0.4) is 0 Å². The molecule has 11 nitrogen and oxygen atoms in total. The number of fused-ring (bicyclic) bond motifs is 3. The average molecular weight is 788 g/mol. The SMILES string of the molecule is CC(C)Oc1cc(C(=O)NS(=O)(=O)N2CCCCC2)cc2sc(N3C4CC(NCc5c(-c6c(Cl)cccc6Cl)noc5C5CC5)CC3[C@@H](C)C4)nc12. The minimum absolute atomic E-state index is 0.165. The first-order valence-corrected chi connectivity index (χ1v) is 21.4. The molecule has 0 spiro atoms. The number of ether oxygens (including phenoxy) is 1. The zero-order chi connectivity index (χ0) is 36.3. The van der Waals surface area contributed by atoms with Crippen molar-refractivity contribution in [1.82, 2.24) is 24.5 Å². The van der Waals surface area contributed by atoms with E-state index in [0.717, 1.165) is 72.5 Å². The van der Waals surface area contributed by atoms with Gasteiger partial charge in [-0.2, -0.15) is 12.7 Å². The molecule has 4 fully saturated rings. The number of benzene rings is 2. The van der Waals surface area contributed by atoms with Crippen molar-refractivity contribution in [2.45, 2.75) is 109 Å². The van der Waals surface area contributed by atoms with E-state index in [1.54, 1.807) is 12.1 Å². The van der Waals surface area contributed by atoms with Gasteiger partial charge in [-0.25, -0.2) is 9.71 Å². The molecule has 2 aromatic carbocycles. The van der Waals surface area contributed by atoms with Crippen molar-refractivity contribution in [2.75, 3.05) is 18.0 Å². The maximum Gasteiger partial charge on any atom is 0.304 e. The summed E-state index contributed by atoms with van der Waals surface area (Å²) in [5.41, 5.74) is 3.37. The molecule has 2 aromatic heterocycles. The molecule has 1 saturated carbocycles. The number of thiazole rings is 1. The van der Waals surface area contributed by atoms with E-state index in [1.807, 2.05) is 32.0 Å². The van der Waals surface area contributed by atoms with Gasteiger partial charge in [-0.3, -0.25) is 4.79 Å². The van der Waals surface area contributed by atoms with Crippen molar-refractivity contribution in [3.63, 3.8) is 0 Å². The lowest BCUT2D eigenvalue weighted by atomic mass is 9.95. The molecule has 2 N–H and O–H groups in total. The molecule has 1 amide bonds. The van der Waals surface area contributed by atoms with Gasteiger partial charge in [-0.05, 0) is 89.0 Å². The molecule has 15 heteroatoms. The predicted octanol–water partition coefficient (Wildman–Crippen LogP) is 7.92. The van der Waals surface area contributed by atoms with Crippen LogP contribution in [0.2, 0.25) is 10.0 Å². The Morgan fingerprint density at radius 2 is 1.85 bits per heavy atom. The van der Waals surface area contributed by atoms with Crippen LogP contribution < -0.4 is 19.7 Å². The number of hydrogen-bond donors (Lipinski definition) is 2. The summed E-state index contributed by atoms with van der Waals surface area (Å²) in [6, 6.07) is 9.68. The van der Waals surface area contributed by atoms with E-state index in [1.165, 1.54) is 15.6 Å². The van der Waals surface area contributed by atoms with Gasteiger partial charge in [0.1, 0.15) is 22.7 Å². The number of carbonyl (C=O) groups excluding carboxylic acids is 1. The zero-order valence-electron chi connectivity index (χ0n) is 29.5. The Kier molecular flexibility index (Phi) is 9.96. The largest absolute Gasteiger partial charge is 0.489 e. The Bertz CT molecular complexity index is 2070. The molecule has 4 atom stereocenters. The Balaban J connectivity index is 1.02. The Labute approximate surface area is 318 Å². The number of aromatic nitrogens is 2. The number of anilines is 1. The number of piperidine rings is 2. The summed E-state index contributed by atoms with van der Waals surface area (Å²) in [6.45, 7) is 7.59. The number of amides is 1. The van der Waals surface area contributed by atoms with Gasteiger partial charge in [0.2, 0.25) is 0 Å². The van der Waals surface area contributed by atoms with Crippen LogP contribution in [0.5, 0.6) is 5.75 Å². The van der Waals surface area contributed by atoms with Gasteiger partial charge in [-0.1, -0.05) is 59.1 Å². The molecule has 4 aliphatic rings. The summed E-state index contributed by atoms with van der Waals surface area (Å²) in [6.07, 6.45) is 7.51. The first-order valence-electron chi connectivity index (χ1n) is 18.3. The number of nitrogens with one attached hydrogen (secondary N) is 2. The Morgan fingerprint density at radius 3 is 2.54 bits per heavy atom. The topological polar surface area (TPSA) is 130 Å². The fourth-order valence-electron chi connectivity index (χ4n) is 8.23. The molecular weight excluding hydrogens is 743 g/mol. The average Bonchev–Trinajstić information content (AvgIpc) is 3.66. The van der Waals surface area contributed by atoms with Crippen molar-refractivity contribution in [1.29, 1.82) is 0 Å². The molecule has 2 bridgehead atoms. The van der Waals surface area contributed by atoms with E-state index in [9.17, 15) is 13.2 Å². The lowest BCUT2D eigenvalue weighted by Crippen LogP contribution is -2.50. The number of nitrogens with zero attached hydrogens (tertiary/aromatic N) is 4. The third-order valence-electron chi connectivity index (χ3n) is 10.8. The lowest BCUT2D eigenvalue weighted by Gasteiger charge is -2.40. The van der Waals surface area contributed by atoms with E-state index in [0.29, 0.717) is 64.0 Å². The highest BCUT2D eigenvalue weighted by Crippen LogP contribution is 2.48. The number of halogens is 2. The summed E-state index contributed by atoms with van der Waals surface area (Å²) in [4.78, 5) is 21.0. The highest BCUT2D eigenvalue weighted by atomic mass is 35.5. The molecule has 4 aromatic rings. The third-order valence-corrected chi connectivity index (χ3v) is 14.0. The molecule has 278 valence electrons. The van der Waals surface area contributed by atoms with Crippen LogP contribution in [0.25, 0.3) is 21.5 Å². The first kappa shape index (κ1) is 36.1. The highest BCUT2D eigenvalue weighted by Gasteiger charge is 2.46. The normalized spacial score (nSPS) is 23.8. The van der Waals surface area contributed by atoms with E-state index in [-0.39, 0.29) is 29.8 Å². The smallest absolute Gasteiger partial charge is 0.304 e. The summed E-state index contributed by atoms with van der Waals surface area (Å²) in [5.74, 6) is 1.58. The predicted molar refractivity (Wildman–Crippen MR) is 205 cm³/mol. The second-order valence-electron chi connectivity index (χ2n) is 15.0. The number of carbonyl (C=O) groups is 1. The summed E-state index contributed by atoms with van der Waals surface area (Å²) in [5, 5.41) is 10.3. The van der Waals surface area contributed by atoms with Crippen LogP contribution in [-0.4, -0.2) is 66.1 Å². The van der Waals surface area contributed by atoms with Gasteiger partial charge in [-0.15, -0.1) is 0 Å². The van der Waals surface area contributed by atoms with Crippen molar-refractivity contribution in [2.24, 2.45) is 5.92 Å². The molecule has 52 heavy (non-hydrogen) atoms. The molecular formula is C37H44Cl2N6O5S2. The highest BCUT2D eigenvalue weighted by molar-refractivity contribution is 7.87. The van der Waals surface area contributed by atoms with Crippen molar-refractivity contribution in [3.8, 4) is 17.0 Å². The van der Waals surface area contributed by atoms with Crippen LogP contribution in [-0.2, 0) is 16.8 Å². The van der Waals surface area contributed by atoms with Crippen molar-refractivity contribution < 1.29 is 22.5 Å². The van der Waals surface area contributed by atoms with Gasteiger partial charge in [0.15, 0.2) is 5.13 Å².